The number of likely N-dealkylation sites (N-methyl/N-ethyl adjacent to an activating group) is 1. The van der Waals surface area contributed by atoms with Crippen molar-refractivity contribution in [2.45, 2.75) is 33.1 Å². The topological polar surface area (TPSA) is 139 Å². The lowest BCUT2D eigenvalue weighted by molar-refractivity contribution is -0.120. The van der Waals surface area contributed by atoms with Crippen LogP contribution in [0.15, 0.2) is 6.20 Å². The third kappa shape index (κ3) is 9.89. The van der Waals surface area contributed by atoms with Gasteiger partial charge in [-0.05, 0) is 38.6 Å². The molecule has 1 aromatic heterocycles. The highest BCUT2D eigenvalue weighted by molar-refractivity contribution is 8.26. The molecular formula is C18H28N8OS. The lowest BCUT2D eigenvalue weighted by Crippen LogP contribution is -2.32. The molecule has 9 nitrogen and oxygen atoms in total. The molecule has 0 atom stereocenters. The van der Waals surface area contributed by atoms with Crippen LogP contribution in [0.25, 0.3) is 0 Å². The SMILES string of the molecule is CCCNc1nc(NC(=N)SC(C)=N)ncc1C#CCCCNC(=O)CNC. The number of rotatable bonds is 9. The first-order valence-electron chi connectivity index (χ1n) is 9.05. The molecule has 0 fully saturated rings. The summed E-state index contributed by atoms with van der Waals surface area (Å²) in [6.07, 6.45) is 3.96. The van der Waals surface area contributed by atoms with Crippen molar-refractivity contribution in [2.24, 2.45) is 0 Å². The van der Waals surface area contributed by atoms with Crippen molar-refractivity contribution >= 4 is 39.6 Å². The number of carbonyl (C=O) groups is 1. The van der Waals surface area contributed by atoms with Crippen molar-refractivity contribution in [2.75, 3.05) is 37.3 Å². The minimum atomic E-state index is -0.0278. The van der Waals surface area contributed by atoms with Gasteiger partial charge in [0.05, 0.1) is 23.3 Å². The summed E-state index contributed by atoms with van der Waals surface area (Å²) in [4.78, 5) is 19.9. The molecule has 152 valence electrons. The lowest BCUT2D eigenvalue weighted by Gasteiger charge is -2.10. The summed E-state index contributed by atoms with van der Waals surface area (Å²) in [5, 5.41) is 27.2. The van der Waals surface area contributed by atoms with Crippen LogP contribution in [-0.4, -0.2) is 52.8 Å². The molecule has 10 heteroatoms. The van der Waals surface area contributed by atoms with Crippen molar-refractivity contribution in [1.82, 2.24) is 20.6 Å². The van der Waals surface area contributed by atoms with E-state index in [9.17, 15) is 4.79 Å². The third-order valence-electron chi connectivity index (χ3n) is 3.17. The van der Waals surface area contributed by atoms with E-state index in [1.807, 2.05) is 0 Å². The predicted octanol–water partition coefficient (Wildman–Crippen LogP) is 1.84. The van der Waals surface area contributed by atoms with Crippen molar-refractivity contribution in [3.05, 3.63) is 11.8 Å². The van der Waals surface area contributed by atoms with Crippen molar-refractivity contribution in [3.63, 3.8) is 0 Å². The molecule has 6 N–H and O–H groups in total. The normalized spacial score (nSPS) is 9.82. The van der Waals surface area contributed by atoms with E-state index in [1.54, 1.807) is 20.2 Å². The summed E-state index contributed by atoms with van der Waals surface area (Å²) >= 11 is 0.997. The maximum atomic E-state index is 11.3. The molecular weight excluding hydrogens is 376 g/mol. The summed E-state index contributed by atoms with van der Waals surface area (Å²) in [5.41, 5.74) is 0.681. The minimum Gasteiger partial charge on any atom is -0.369 e. The van der Waals surface area contributed by atoms with E-state index in [-0.39, 0.29) is 17.0 Å². The van der Waals surface area contributed by atoms with Gasteiger partial charge in [-0.3, -0.25) is 15.6 Å². The highest BCUT2D eigenvalue weighted by Crippen LogP contribution is 2.14. The van der Waals surface area contributed by atoms with Crippen LogP contribution >= 0.6 is 11.8 Å². The summed E-state index contributed by atoms with van der Waals surface area (Å²) in [7, 11) is 1.73. The zero-order valence-electron chi connectivity index (χ0n) is 16.5. The number of nitrogens with one attached hydrogen (secondary N) is 6. The van der Waals surface area contributed by atoms with Gasteiger partial charge in [0.1, 0.15) is 5.82 Å². The van der Waals surface area contributed by atoms with Crippen molar-refractivity contribution in [1.29, 1.82) is 10.8 Å². The Morgan fingerprint density at radius 1 is 1.32 bits per heavy atom. The van der Waals surface area contributed by atoms with Gasteiger partial charge in [-0.15, -0.1) is 0 Å². The number of thioether (sulfide) groups is 1. The molecule has 1 rings (SSSR count). The van der Waals surface area contributed by atoms with Gasteiger partial charge >= 0.3 is 0 Å². The molecule has 0 aliphatic carbocycles. The Hall–Kier alpha value is -2.64. The van der Waals surface area contributed by atoms with E-state index < -0.39 is 0 Å². The first kappa shape index (κ1) is 23.4. The molecule has 0 bridgehead atoms. The molecule has 0 aliphatic rings. The Morgan fingerprint density at radius 2 is 2.11 bits per heavy atom. The molecule has 1 amide bonds. The van der Waals surface area contributed by atoms with Crippen LogP contribution in [0, 0.1) is 22.7 Å². The smallest absolute Gasteiger partial charge is 0.233 e. The Labute approximate surface area is 170 Å². The van der Waals surface area contributed by atoms with Crippen LogP contribution in [0.2, 0.25) is 0 Å². The first-order chi connectivity index (χ1) is 13.5. The van der Waals surface area contributed by atoms with Crippen LogP contribution in [0.1, 0.15) is 38.7 Å². The number of aromatic nitrogens is 2. The fraction of sp³-hybridized carbons (Fsp3) is 0.500. The summed E-state index contributed by atoms with van der Waals surface area (Å²) in [6.45, 7) is 5.31. The average molecular weight is 405 g/mol. The molecule has 28 heavy (non-hydrogen) atoms. The second-order valence-electron chi connectivity index (χ2n) is 5.78. The number of anilines is 2. The molecule has 0 unspecified atom stereocenters. The Kier molecular flexibility index (Phi) is 11.3. The second-order valence-corrected chi connectivity index (χ2v) is 7.01. The highest BCUT2D eigenvalue weighted by Gasteiger charge is 2.08. The maximum Gasteiger partial charge on any atom is 0.233 e. The van der Waals surface area contributed by atoms with Crippen LogP contribution in [-0.2, 0) is 4.79 Å². The fourth-order valence-corrected chi connectivity index (χ4v) is 2.43. The average Bonchev–Trinajstić information content (AvgIpc) is 2.63. The Bertz CT molecular complexity index is 741. The summed E-state index contributed by atoms with van der Waals surface area (Å²) in [6, 6.07) is 0. The van der Waals surface area contributed by atoms with E-state index in [0.717, 1.165) is 31.1 Å². The van der Waals surface area contributed by atoms with Gasteiger partial charge in [-0.1, -0.05) is 18.8 Å². The van der Waals surface area contributed by atoms with E-state index in [2.05, 4.69) is 50.0 Å². The van der Waals surface area contributed by atoms with E-state index in [1.165, 1.54) is 0 Å². The molecule has 0 saturated carbocycles. The molecule has 0 spiro atoms. The van der Waals surface area contributed by atoms with Crippen molar-refractivity contribution < 1.29 is 4.79 Å². The predicted molar refractivity (Wildman–Crippen MR) is 116 cm³/mol. The van der Waals surface area contributed by atoms with Crippen molar-refractivity contribution in [3.8, 4) is 11.8 Å². The quantitative estimate of drug-likeness (QED) is 0.160. The summed E-state index contributed by atoms with van der Waals surface area (Å²) < 4.78 is 0. The number of amides is 1. The Morgan fingerprint density at radius 3 is 2.79 bits per heavy atom. The van der Waals surface area contributed by atoms with E-state index >= 15 is 0 Å². The largest absolute Gasteiger partial charge is 0.369 e. The van der Waals surface area contributed by atoms with E-state index in [4.69, 9.17) is 10.8 Å². The number of unbranched alkanes of at least 4 members (excludes halogenated alkanes) is 1. The van der Waals surface area contributed by atoms with Crippen LogP contribution < -0.4 is 21.3 Å². The van der Waals surface area contributed by atoms with Gasteiger partial charge < -0.3 is 21.3 Å². The number of amidine groups is 1. The molecule has 0 radical (unpaired) electrons. The van der Waals surface area contributed by atoms with Crippen LogP contribution in [0.4, 0.5) is 11.8 Å². The van der Waals surface area contributed by atoms with Crippen LogP contribution in [0.5, 0.6) is 0 Å². The zero-order valence-corrected chi connectivity index (χ0v) is 17.3. The van der Waals surface area contributed by atoms with Gasteiger partial charge in [0.15, 0.2) is 5.17 Å². The van der Waals surface area contributed by atoms with E-state index in [0.29, 0.717) is 35.9 Å². The molecule has 0 saturated heterocycles. The second kappa shape index (κ2) is 13.5. The standard InChI is InChI=1S/C18H28N8OS/c1-4-9-23-16-14(8-6-5-7-10-22-15(27)12-21-3)11-24-18(25-16)26-17(20)28-13(2)19/h11,19,21H,4-5,7,9-10,12H2,1-3H3,(H,22,27)(H3,20,23,24,25,26). The summed E-state index contributed by atoms with van der Waals surface area (Å²) in [5.74, 6) is 7.01. The van der Waals surface area contributed by atoms with Crippen LogP contribution in [0.3, 0.4) is 0 Å². The molecule has 0 aromatic carbocycles. The highest BCUT2D eigenvalue weighted by atomic mass is 32.2. The Balaban J connectivity index is 2.68. The van der Waals surface area contributed by atoms with Gasteiger partial charge in [-0.25, -0.2) is 4.98 Å². The maximum absolute atomic E-state index is 11.3. The molecule has 1 heterocycles. The first-order valence-corrected chi connectivity index (χ1v) is 9.87. The van der Waals surface area contributed by atoms with Gasteiger partial charge in [-0.2, -0.15) is 4.98 Å². The monoisotopic (exact) mass is 404 g/mol. The fourth-order valence-electron chi connectivity index (χ4n) is 1.98. The zero-order chi connectivity index (χ0) is 20.8. The number of hydrogen-bond donors (Lipinski definition) is 6. The molecule has 1 aromatic rings. The van der Waals surface area contributed by atoms with Gasteiger partial charge in [0.25, 0.3) is 0 Å². The van der Waals surface area contributed by atoms with Gasteiger partial charge in [0, 0.05) is 19.5 Å². The molecule has 0 aliphatic heterocycles. The van der Waals surface area contributed by atoms with Gasteiger partial charge in [0.2, 0.25) is 11.9 Å². The number of hydrogen-bond acceptors (Lipinski definition) is 8. The minimum absolute atomic E-state index is 0.0278. The number of nitrogens with zero attached hydrogens (tertiary/aromatic N) is 2. The lowest BCUT2D eigenvalue weighted by atomic mass is 10.2. The number of carbonyl (C=O) groups excluding carboxylic acids is 1. The third-order valence-corrected chi connectivity index (χ3v) is 3.79.